The highest BCUT2D eigenvalue weighted by Gasteiger charge is 2.25. The van der Waals surface area contributed by atoms with Gasteiger partial charge in [-0.05, 0) is 65.9 Å². The summed E-state index contributed by atoms with van der Waals surface area (Å²) >= 11 is 0. The van der Waals surface area contributed by atoms with E-state index in [4.69, 9.17) is 8.83 Å². The smallest absolute Gasteiger partial charge is 0.163 e. The Morgan fingerprint density at radius 1 is 0.962 bits per heavy atom. The molecule has 26 heavy (non-hydrogen) atoms. The zero-order valence-corrected chi connectivity index (χ0v) is 15.3. The first kappa shape index (κ1) is 18.0. The van der Waals surface area contributed by atoms with Gasteiger partial charge in [0.1, 0.15) is 11.5 Å². The first-order valence-electron chi connectivity index (χ1n) is 9.11. The van der Waals surface area contributed by atoms with Crippen LogP contribution in [0.2, 0.25) is 0 Å². The highest BCUT2D eigenvalue weighted by atomic mass is 16.3. The van der Waals surface area contributed by atoms with Crippen LogP contribution in [0.3, 0.4) is 0 Å². The number of ketones is 1. The summed E-state index contributed by atoms with van der Waals surface area (Å²) in [5, 5.41) is 0. The third kappa shape index (κ3) is 4.05. The molecule has 0 radical (unpaired) electrons. The van der Waals surface area contributed by atoms with E-state index >= 15 is 0 Å². The second-order valence-electron chi connectivity index (χ2n) is 6.28. The summed E-state index contributed by atoms with van der Waals surface area (Å²) in [7, 11) is 0. The molecule has 0 saturated heterocycles. The molecule has 2 aromatic heterocycles. The third-order valence-electron chi connectivity index (χ3n) is 4.68. The summed E-state index contributed by atoms with van der Waals surface area (Å²) in [6, 6.07) is 13.8. The van der Waals surface area contributed by atoms with E-state index in [9.17, 15) is 4.79 Å². The van der Waals surface area contributed by atoms with E-state index in [1.54, 1.807) is 24.7 Å². The zero-order chi connectivity index (χ0) is 18.4. The van der Waals surface area contributed by atoms with Gasteiger partial charge in [0, 0.05) is 6.42 Å². The number of carbonyl (C=O) groups excluding carboxylic acids is 1. The number of hydrogen-bond donors (Lipinski definition) is 0. The Morgan fingerprint density at radius 3 is 2.23 bits per heavy atom. The molecule has 0 amide bonds. The molecular formula is C23H24O3. The summed E-state index contributed by atoms with van der Waals surface area (Å²) < 4.78 is 10.8. The van der Waals surface area contributed by atoms with Crippen molar-refractivity contribution in [2.45, 2.75) is 39.0 Å². The van der Waals surface area contributed by atoms with E-state index in [-0.39, 0.29) is 11.7 Å². The molecule has 3 nitrogen and oxygen atoms in total. The average Bonchev–Trinajstić information content (AvgIpc) is 3.37. The minimum Gasteiger partial charge on any atom is -0.469 e. The van der Waals surface area contributed by atoms with Crippen molar-refractivity contribution in [1.82, 2.24) is 0 Å². The molecule has 2 heterocycles. The van der Waals surface area contributed by atoms with E-state index in [0.717, 1.165) is 24.2 Å². The molecule has 1 aromatic carbocycles. The molecule has 0 N–H and O–H groups in total. The number of benzene rings is 1. The fourth-order valence-electron chi connectivity index (χ4n) is 3.37. The molecule has 1 unspecified atom stereocenters. The predicted octanol–water partition coefficient (Wildman–Crippen LogP) is 5.61. The summed E-state index contributed by atoms with van der Waals surface area (Å²) in [5.74, 6) is 1.30. The van der Waals surface area contributed by atoms with Crippen LogP contribution in [0.5, 0.6) is 0 Å². The van der Waals surface area contributed by atoms with Crippen LogP contribution in [0.4, 0.5) is 0 Å². The van der Waals surface area contributed by atoms with Crippen LogP contribution < -0.4 is 0 Å². The van der Waals surface area contributed by atoms with Crippen LogP contribution in [-0.2, 0) is 24.1 Å². The molecule has 3 heteroatoms. The van der Waals surface area contributed by atoms with Gasteiger partial charge >= 0.3 is 0 Å². The van der Waals surface area contributed by atoms with Crippen LogP contribution in [0.25, 0.3) is 6.08 Å². The fraction of sp³-hybridized carbons (Fsp3) is 0.261. The second kappa shape index (κ2) is 8.52. The number of hydrogen-bond acceptors (Lipinski definition) is 3. The van der Waals surface area contributed by atoms with Crippen molar-refractivity contribution in [2.24, 2.45) is 0 Å². The largest absolute Gasteiger partial charge is 0.469 e. The van der Waals surface area contributed by atoms with E-state index in [0.29, 0.717) is 12.2 Å². The van der Waals surface area contributed by atoms with Crippen molar-refractivity contribution in [1.29, 1.82) is 0 Å². The molecule has 0 fully saturated rings. The van der Waals surface area contributed by atoms with Gasteiger partial charge in [-0.25, -0.2) is 0 Å². The van der Waals surface area contributed by atoms with Gasteiger partial charge < -0.3 is 8.83 Å². The van der Waals surface area contributed by atoms with Crippen LogP contribution in [-0.4, -0.2) is 5.78 Å². The van der Waals surface area contributed by atoms with Crippen LogP contribution >= 0.6 is 0 Å². The lowest BCUT2D eigenvalue weighted by atomic mass is 9.82. The van der Waals surface area contributed by atoms with Gasteiger partial charge in [-0.2, -0.15) is 0 Å². The topological polar surface area (TPSA) is 43.4 Å². The summed E-state index contributed by atoms with van der Waals surface area (Å²) in [5.41, 5.74) is 3.59. The quantitative estimate of drug-likeness (QED) is 0.497. The lowest BCUT2D eigenvalue weighted by Crippen LogP contribution is -2.17. The number of furan rings is 2. The van der Waals surface area contributed by atoms with Crippen molar-refractivity contribution < 1.29 is 13.6 Å². The Bertz CT molecular complexity index is 833. The highest BCUT2D eigenvalue weighted by Crippen LogP contribution is 2.30. The number of rotatable bonds is 8. The van der Waals surface area contributed by atoms with Gasteiger partial charge in [-0.3, -0.25) is 4.79 Å². The van der Waals surface area contributed by atoms with E-state index in [1.807, 2.05) is 24.3 Å². The van der Waals surface area contributed by atoms with Crippen LogP contribution in [0.15, 0.2) is 69.9 Å². The lowest BCUT2D eigenvalue weighted by molar-refractivity contribution is -0.116. The Morgan fingerprint density at radius 2 is 1.65 bits per heavy atom. The van der Waals surface area contributed by atoms with Crippen molar-refractivity contribution >= 4 is 11.9 Å². The van der Waals surface area contributed by atoms with E-state index < -0.39 is 0 Å². The van der Waals surface area contributed by atoms with Gasteiger partial charge in [0.15, 0.2) is 5.78 Å². The van der Waals surface area contributed by atoms with Crippen molar-refractivity contribution in [3.05, 3.63) is 89.3 Å². The molecule has 0 aliphatic carbocycles. The minimum absolute atomic E-state index is 0.0633. The highest BCUT2D eigenvalue weighted by molar-refractivity contribution is 5.99. The average molecular weight is 348 g/mol. The number of allylic oxidation sites excluding steroid dienone is 1. The molecule has 0 spiro atoms. The predicted molar refractivity (Wildman–Crippen MR) is 103 cm³/mol. The Balaban J connectivity index is 1.99. The Kier molecular flexibility index (Phi) is 5.90. The normalized spacial score (nSPS) is 12.5. The number of aryl methyl sites for hydroxylation is 2. The maximum Gasteiger partial charge on any atom is 0.163 e. The molecule has 134 valence electrons. The molecule has 1 atom stereocenters. The standard InChI is InChI=1S/C23H24O3/c1-3-17-8-5-9-18(4-2)23(17)21(16-20-11-7-15-26-20)22(24)13-12-19-10-6-14-25-19/h5-15,21H,3-4,16H2,1-2H3/b13-12+. The van der Waals surface area contributed by atoms with Gasteiger partial charge in [-0.1, -0.05) is 32.0 Å². The fourth-order valence-corrected chi connectivity index (χ4v) is 3.37. The molecule has 0 saturated carbocycles. The molecule has 0 aliphatic rings. The minimum atomic E-state index is -0.265. The Hall–Kier alpha value is -2.81. The van der Waals surface area contributed by atoms with Crippen LogP contribution in [0, 0.1) is 0 Å². The molecule has 0 aliphatic heterocycles. The third-order valence-corrected chi connectivity index (χ3v) is 4.68. The first-order valence-corrected chi connectivity index (χ1v) is 9.11. The summed E-state index contributed by atoms with van der Waals surface area (Å²) in [4.78, 5) is 13.1. The molecule has 0 bridgehead atoms. The van der Waals surface area contributed by atoms with Crippen LogP contribution in [0.1, 0.15) is 48.0 Å². The summed E-state index contributed by atoms with van der Waals surface area (Å²) in [6.45, 7) is 4.26. The van der Waals surface area contributed by atoms with Gasteiger partial charge in [0.2, 0.25) is 0 Å². The second-order valence-corrected chi connectivity index (χ2v) is 6.28. The maximum absolute atomic E-state index is 13.1. The molecule has 3 aromatic rings. The van der Waals surface area contributed by atoms with Gasteiger partial charge in [-0.15, -0.1) is 0 Å². The van der Waals surface area contributed by atoms with Crippen molar-refractivity contribution in [2.75, 3.05) is 0 Å². The zero-order valence-electron chi connectivity index (χ0n) is 15.3. The molecular weight excluding hydrogens is 324 g/mol. The van der Waals surface area contributed by atoms with Crippen molar-refractivity contribution in [3.8, 4) is 0 Å². The van der Waals surface area contributed by atoms with Gasteiger partial charge in [0.05, 0.1) is 18.4 Å². The SMILES string of the molecule is CCc1cccc(CC)c1C(Cc1ccco1)C(=O)/C=C/c1ccco1. The Labute approximate surface area is 154 Å². The lowest BCUT2D eigenvalue weighted by Gasteiger charge is -2.21. The van der Waals surface area contributed by atoms with E-state index in [1.165, 1.54) is 11.1 Å². The number of carbonyl (C=O) groups is 1. The maximum atomic E-state index is 13.1. The van der Waals surface area contributed by atoms with E-state index in [2.05, 4.69) is 32.0 Å². The first-order chi connectivity index (χ1) is 12.7. The monoisotopic (exact) mass is 348 g/mol. The molecule has 3 rings (SSSR count). The summed E-state index contributed by atoms with van der Waals surface area (Å²) in [6.07, 6.45) is 8.96. The van der Waals surface area contributed by atoms with Crippen molar-refractivity contribution in [3.63, 3.8) is 0 Å². The van der Waals surface area contributed by atoms with Gasteiger partial charge in [0.25, 0.3) is 0 Å².